The summed E-state index contributed by atoms with van der Waals surface area (Å²) in [7, 11) is 0. The average molecular weight is 613 g/mol. The van der Waals surface area contributed by atoms with E-state index in [-0.39, 0.29) is 5.91 Å². The molecule has 0 bridgehead atoms. The Balaban J connectivity index is 1.96. The Kier molecular flexibility index (Phi) is 14.8. The van der Waals surface area contributed by atoms with Crippen LogP contribution >= 0.6 is 23.5 Å². The molecule has 7 heteroatoms. The maximum atomic E-state index is 13.6. The first-order valence-electron chi connectivity index (χ1n) is 15.8. The Bertz CT molecular complexity index is 1130. The molecule has 0 unspecified atom stereocenters. The molecule has 2 atom stereocenters. The lowest BCUT2D eigenvalue weighted by atomic mass is 9.84. The van der Waals surface area contributed by atoms with Gasteiger partial charge in [0.25, 0.3) is 5.91 Å². The molecule has 1 fully saturated rings. The van der Waals surface area contributed by atoms with E-state index in [1.165, 1.54) is 44.1 Å². The molecule has 0 radical (unpaired) electrons. The summed E-state index contributed by atoms with van der Waals surface area (Å²) in [6.45, 7) is 10.8. The fourth-order valence-electron chi connectivity index (χ4n) is 6.15. The van der Waals surface area contributed by atoms with Gasteiger partial charge in [-0.25, -0.2) is 4.79 Å². The Hall–Kier alpha value is -1.96. The third kappa shape index (κ3) is 10.6. The first-order valence-corrected chi connectivity index (χ1v) is 18.3. The summed E-state index contributed by atoms with van der Waals surface area (Å²) >= 11 is 3.63. The summed E-state index contributed by atoms with van der Waals surface area (Å²) in [5.41, 5.74) is 4.69. The van der Waals surface area contributed by atoms with Gasteiger partial charge in [0.1, 0.15) is 6.04 Å². The number of nitrogens with zero attached hydrogens (tertiary/aromatic N) is 1. The fourth-order valence-corrected chi connectivity index (χ4v) is 7.47. The third-order valence-corrected chi connectivity index (χ3v) is 10.00. The molecule has 2 aromatic rings. The maximum absolute atomic E-state index is 13.6. The van der Waals surface area contributed by atoms with Crippen LogP contribution in [-0.2, 0) is 11.3 Å². The number of thioether (sulfide) groups is 2. The van der Waals surface area contributed by atoms with Crippen LogP contribution in [-0.4, -0.2) is 64.0 Å². The number of hydrogen-bond donors (Lipinski definition) is 2. The van der Waals surface area contributed by atoms with Crippen LogP contribution < -0.4 is 5.32 Å². The largest absolute Gasteiger partial charge is 0.480 e. The fraction of sp³-hybridized carbons (Fsp3) is 0.600. The maximum Gasteiger partial charge on any atom is 0.326 e. The second-order valence-electron chi connectivity index (χ2n) is 12.2. The molecule has 0 aromatic heterocycles. The minimum atomic E-state index is -0.996. The van der Waals surface area contributed by atoms with Gasteiger partial charge in [-0.3, -0.25) is 9.69 Å². The number of nitrogens with one attached hydrogen (secondary N) is 1. The molecule has 2 aromatic carbocycles. The highest BCUT2D eigenvalue weighted by atomic mass is 32.2. The van der Waals surface area contributed by atoms with Crippen LogP contribution in [0.25, 0.3) is 11.1 Å². The number of hydrogen-bond acceptors (Lipinski definition) is 5. The normalized spacial score (nSPS) is 15.6. The molecule has 1 amide bonds. The minimum absolute atomic E-state index is 0.332. The highest BCUT2D eigenvalue weighted by molar-refractivity contribution is 7.99. The predicted molar refractivity (Wildman–Crippen MR) is 182 cm³/mol. The van der Waals surface area contributed by atoms with E-state index in [0.29, 0.717) is 29.7 Å². The van der Waals surface area contributed by atoms with Gasteiger partial charge in [-0.1, -0.05) is 83.2 Å². The summed E-state index contributed by atoms with van der Waals surface area (Å²) < 4.78 is 0. The van der Waals surface area contributed by atoms with Crippen molar-refractivity contribution >= 4 is 35.4 Å². The predicted octanol–water partition coefficient (Wildman–Crippen LogP) is 8.15. The van der Waals surface area contributed by atoms with E-state index >= 15 is 0 Å². The number of benzene rings is 2. The quantitative estimate of drug-likeness (QED) is 0.188. The number of aryl methyl sites for hydroxylation is 1. The minimum Gasteiger partial charge on any atom is -0.480 e. The van der Waals surface area contributed by atoms with E-state index in [1.807, 2.05) is 36.2 Å². The highest BCUT2D eigenvalue weighted by Crippen LogP contribution is 2.32. The van der Waals surface area contributed by atoms with Crippen LogP contribution in [0.3, 0.4) is 0 Å². The van der Waals surface area contributed by atoms with Gasteiger partial charge in [0.05, 0.1) is 0 Å². The zero-order valence-electron chi connectivity index (χ0n) is 26.4. The molecule has 1 aliphatic carbocycles. The number of rotatable bonds is 17. The van der Waals surface area contributed by atoms with Crippen molar-refractivity contribution in [1.29, 1.82) is 0 Å². The van der Waals surface area contributed by atoms with Crippen LogP contribution in [0.15, 0.2) is 42.5 Å². The van der Waals surface area contributed by atoms with Gasteiger partial charge in [0.15, 0.2) is 0 Å². The van der Waals surface area contributed by atoms with E-state index in [2.05, 4.69) is 62.2 Å². The van der Waals surface area contributed by atoms with Crippen molar-refractivity contribution in [3.8, 4) is 11.1 Å². The van der Waals surface area contributed by atoms with E-state index < -0.39 is 12.0 Å². The molecule has 0 heterocycles. The number of carbonyl (C=O) groups excluding carboxylic acids is 1. The molecule has 1 saturated carbocycles. The lowest BCUT2D eigenvalue weighted by Crippen LogP contribution is -2.41. The molecule has 0 spiro atoms. The van der Waals surface area contributed by atoms with Gasteiger partial charge in [0, 0.05) is 30.4 Å². The van der Waals surface area contributed by atoms with Crippen molar-refractivity contribution in [2.45, 2.75) is 91.3 Å². The van der Waals surface area contributed by atoms with E-state index in [0.717, 1.165) is 47.2 Å². The number of carboxylic acid groups (broad SMARTS) is 1. The van der Waals surface area contributed by atoms with Crippen molar-refractivity contribution in [3.05, 3.63) is 59.2 Å². The summed E-state index contributed by atoms with van der Waals surface area (Å²) in [6, 6.07) is 13.9. The van der Waals surface area contributed by atoms with Crippen molar-refractivity contribution in [1.82, 2.24) is 10.2 Å². The van der Waals surface area contributed by atoms with Crippen LogP contribution in [0.2, 0.25) is 0 Å². The second kappa shape index (κ2) is 18.0. The van der Waals surface area contributed by atoms with Gasteiger partial charge >= 0.3 is 5.97 Å². The van der Waals surface area contributed by atoms with Gasteiger partial charge < -0.3 is 10.4 Å². The molecular weight excluding hydrogens is 561 g/mol. The first-order chi connectivity index (χ1) is 20.2. The second-order valence-corrected chi connectivity index (χ2v) is 14.5. The van der Waals surface area contributed by atoms with Gasteiger partial charge in [-0.05, 0) is 83.7 Å². The molecule has 232 valence electrons. The molecule has 0 saturated heterocycles. The van der Waals surface area contributed by atoms with Crippen LogP contribution in [0.1, 0.15) is 87.2 Å². The molecule has 42 heavy (non-hydrogen) atoms. The SMILES string of the molecule is CCSC[C@H](CC1CCCCC1)N(Cc1ccc(C(=O)N[C@@H](CCSC)C(=O)O)c(-c2ccccc2C)c1)CC(C)C. The van der Waals surface area contributed by atoms with Crippen molar-refractivity contribution < 1.29 is 14.7 Å². The van der Waals surface area contributed by atoms with E-state index in [4.69, 9.17) is 0 Å². The van der Waals surface area contributed by atoms with Gasteiger partial charge in [0.2, 0.25) is 0 Å². The standard InChI is InChI=1S/C35H52N2O3S2/c1-6-42-24-29(20-27-13-8-7-9-14-27)37(22-25(2)3)23-28-16-17-31(32(21-28)30-15-11-10-12-26(30)4)34(38)36-33(35(39)40)18-19-41-5/h10-12,15-17,21,25,27,29,33H,6-9,13-14,18-20,22-24H2,1-5H3,(H,36,38)(H,39,40)/t29-,33-/m0/s1. The smallest absolute Gasteiger partial charge is 0.326 e. The molecular formula is C35H52N2O3S2. The van der Waals surface area contributed by atoms with Crippen LogP contribution in [0.5, 0.6) is 0 Å². The Labute approximate surface area is 263 Å². The van der Waals surface area contributed by atoms with Crippen molar-refractivity contribution in [3.63, 3.8) is 0 Å². The zero-order chi connectivity index (χ0) is 30.5. The van der Waals surface area contributed by atoms with Crippen LogP contribution in [0.4, 0.5) is 0 Å². The third-order valence-electron chi connectivity index (χ3n) is 8.32. The van der Waals surface area contributed by atoms with Gasteiger partial charge in [-0.15, -0.1) is 0 Å². The van der Waals surface area contributed by atoms with E-state index in [1.54, 1.807) is 11.8 Å². The Morgan fingerprint density at radius 2 is 1.81 bits per heavy atom. The molecule has 1 aliphatic rings. The zero-order valence-corrected chi connectivity index (χ0v) is 28.0. The number of carboxylic acids is 1. The lowest BCUT2D eigenvalue weighted by molar-refractivity contribution is -0.139. The average Bonchev–Trinajstić information content (AvgIpc) is 2.97. The first kappa shape index (κ1) is 34.5. The molecule has 2 N–H and O–H groups in total. The lowest BCUT2D eigenvalue weighted by Gasteiger charge is -2.36. The Morgan fingerprint density at radius 3 is 2.45 bits per heavy atom. The number of amides is 1. The summed E-state index contributed by atoms with van der Waals surface area (Å²) in [6.07, 6.45) is 10.4. The number of carbonyl (C=O) groups is 2. The molecule has 5 nitrogen and oxygen atoms in total. The molecule has 3 rings (SSSR count). The number of aliphatic carboxylic acids is 1. The summed E-state index contributed by atoms with van der Waals surface area (Å²) in [5.74, 6) is 3.00. The van der Waals surface area contributed by atoms with Crippen molar-refractivity contribution in [2.75, 3.05) is 30.1 Å². The highest BCUT2D eigenvalue weighted by Gasteiger charge is 2.26. The topological polar surface area (TPSA) is 69.6 Å². The van der Waals surface area contributed by atoms with E-state index in [9.17, 15) is 14.7 Å². The summed E-state index contributed by atoms with van der Waals surface area (Å²) in [4.78, 5) is 28.2. The van der Waals surface area contributed by atoms with Gasteiger partial charge in [-0.2, -0.15) is 23.5 Å². The summed E-state index contributed by atoms with van der Waals surface area (Å²) in [5, 5.41) is 12.5. The van der Waals surface area contributed by atoms with Crippen molar-refractivity contribution in [2.24, 2.45) is 11.8 Å². The monoisotopic (exact) mass is 612 g/mol. The van der Waals surface area contributed by atoms with Crippen LogP contribution in [0, 0.1) is 18.8 Å². The molecule has 0 aliphatic heterocycles. The Morgan fingerprint density at radius 1 is 1.07 bits per heavy atom.